The van der Waals surface area contributed by atoms with Crippen LogP contribution in [0.15, 0.2) is 30.6 Å². The molecule has 2 rings (SSSR count). The largest absolute Gasteiger partial charge is 0.322 e. The van der Waals surface area contributed by atoms with E-state index >= 15 is 0 Å². The third-order valence-corrected chi connectivity index (χ3v) is 2.41. The number of pyridine rings is 1. The first kappa shape index (κ1) is 9.23. The van der Waals surface area contributed by atoms with Gasteiger partial charge in [0.2, 0.25) is 0 Å². The zero-order valence-corrected chi connectivity index (χ0v) is 8.31. The number of hydrogen-bond acceptors (Lipinski definition) is 5. The topological polar surface area (TPSA) is 64.7 Å². The monoisotopic (exact) mass is 206 g/mol. The standard InChI is InChI=1S/C9H10N4S/c10-8(9-6-12-14-13-9)5-7-3-1-2-4-11-7/h1-4,6,8H,5,10H2. The lowest BCUT2D eigenvalue weighted by Crippen LogP contribution is -2.14. The molecule has 2 N–H and O–H groups in total. The lowest BCUT2D eigenvalue weighted by atomic mass is 10.1. The summed E-state index contributed by atoms with van der Waals surface area (Å²) in [6, 6.07) is 5.69. The minimum atomic E-state index is -0.108. The van der Waals surface area contributed by atoms with E-state index in [9.17, 15) is 0 Å². The minimum absolute atomic E-state index is 0.108. The van der Waals surface area contributed by atoms with Gasteiger partial charge in [-0.3, -0.25) is 4.98 Å². The lowest BCUT2D eigenvalue weighted by Gasteiger charge is -2.06. The second-order valence-electron chi connectivity index (χ2n) is 2.96. The molecule has 2 aromatic heterocycles. The molecule has 0 amide bonds. The Morgan fingerprint density at radius 1 is 1.43 bits per heavy atom. The summed E-state index contributed by atoms with van der Waals surface area (Å²) in [6.45, 7) is 0. The van der Waals surface area contributed by atoms with Gasteiger partial charge in [0.15, 0.2) is 0 Å². The van der Waals surface area contributed by atoms with Crippen molar-refractivity contribution in [2.75, 3.05) is 0 Å². The van der Waals surface area contributed by atoms with Crippen LogP contribution in [-0.4, -0.2) is 13.7 Å². The maximum absolute atomic E-state index is 5.94. The average Bonchev–Trinajstić information content (AvgIpc) is 2.72. The summed E-state index contributed by atoms with van der Waals surface area (Å²) in [4.78, 5) is 4.20. The third-order valence-electron chi connectivity index (χ3n) is 1.91. The maximum atomic E-state index is 5.94. The number of nitrogens with two attached hydrogens (primary N) is 1. The van der Waals surface area contributed by atoms with E-state index in [1.54, 1.807) is 12.4 Å². The van der Waals surface area contributed by atoms with E-state index in [4.69, 9.17) is 5.73 Å². The molecular weight excluding hydrogens is 196 g/mol. The predicted octanol–water partition coefficient (Wildman–Crippen LogP) is 1.18. The van der Waals surface area contributed by atoms with Crippen LogP contribution in [0, 0.1) is 0 Å². The minimum Gasteiger partial charge on any atom is -0.322 e. The molecule has 72 valence electrons. The third kappa shape index (κ3) is 2.12. The Bertz CT molecular complexity index is 373. The highest BCUT2D eigenvalue weighted by Crippen LogP contribution is 2.12. The first-order valence-corrected chi connectivity index (χ1v) is 5.02. The molecule has 0 saturated heterocycles. The van der Waals surface area contributed by atoms with E-state index in [0.717, 1.165) is 11.4 Å². The lowest BCUT2D eigenvalue weighted by molar-refractivity contribution is 0.690. The van der Waals surface area contributed by atoms with E-state index in [0.29, 0.717) is 6.42 Å². The fraction of sp³-hybridized carbons (Fsp3) is 0.222. The van der Waals surface area contributed by atoms with Crippen LogP contribution in [0.4, 0.5) is 0 Å². The van der Waals surface area contributed by atoms with Gasteiger partial charge in [-0.2, -0.15) is 8.75 Å². The number of hydrogen-bond donors (Lipinski definition) is 1. The Kier molecular flexibility index (Phi) is 2.81. The van der Waals surface area contributed by atoms with Gasteiger partial charge in [-0.05, 0) is 12.1 Å². The summed E-state index contributed by atoms with van der Waals surface area (Å²) < 4.78 is 8.01. The van der Waals surface area contributed by atoms with Gasteiger partial charge < -0.3 is 5.73 Å². The van der Waals surface area contributed by atoms with E-state index < -0.39 is 0 Å². The van der Waals surface area contributed by atoms with E-state index in [1.807, 2.05) is 18.2 Å². The van der Waals surface area contributed by atoms with Gasteiger partial charge in [0, 0.05) is 18.3 Å². The Balaban J connectivity index is 2.06. The van der Waals surface area contributed by atoms with Crippen LogP contribution < -0.4 is 5.73 Å². The number of rotatable bonds is 3. The van der Waals surface area contributed by atoms with Crippen LogP contribution in [0.1, 0.15) is 17.4 Å². The van der Waals surface area contributed by atoms with Crippen molar-refractivity contribution < 1.29 is 0 Å². The summed E-state index contributed by atoms with van der Waals surface area (Å²) in [5.41, 5.74) is 7.75. The molecule has 0 bridgehead atoms. The van der Waals surface area contributed by atoms with Gasteiger partial charge in [-0.1, -0.05) is 6.07 Å². The molecule has 0 aliphatic heterocycles. The second kappa shape index (κ2) is 4.26. The molecule has 2 heterocycles. The SMILES string of the molecule is NC(Cc1ccccn1)c1cnsn1. The molecule has 2 aromatic rings. The normalized spacial score (nSPS) is 12.6. The fourth-order valence-corrected chi connectivity index (χ4v) is 1.66. The summed E-state index contributed by atoms with van der Waals surface area (Å²) in [7, 11) is 0. The van der Waals surface area contributed by atoms with Gasteiger partial charge in [-0.15, -0.1) is 0 Å². The van der Waals surface area contributed by atoms with Crippen LogP contribution in [-0.2, 0) is 6.42 Å². The van der Waals surface area contributed by atoms with Crippen molar-refractivity contribution in [1.29, 1.82) is 0 Å². The summed E-state index contributed by atoms with van der Waals surface area (Å²) in [6.07, 6.45) is 4.17. The molecule has 0 aliphatic carbocycles. The van der Waals surface area contributed by atoms with Crippen molar-refractivity contribution in [3.8, 4) is 0 Å². The Morgan fingerprint density at radius 3 is 3.00 bits per heavy atom. The Hall–Kier alpha value is -1.33. The quantitative estimate of drug-likeness (QED) is 0.818. The number of aromatic nitrogens is 3. The molecule has 0 saturated carbocycles. The van der Waals surface area contributed by atoms with Crippen molar-refractivity contribution in [2.24, 2.45) is 5.73 Å². The van der Waals surface area contributed by atoms with E-state index in [-0.39, 0.29) is 6.04 Å². The fourth-order valence-electron chi connectivity index (χ4n) is 1.18. The molecule has 1 atom stereocenters. The average molecular weight is 206 g/mol. The molecule has 0 aromatic carbocycles. The van der Waals surface area contributed by atoms with Crippen molar-refractivity contribution in [3.05, 3.63) is 42.0 Å². The van der Waals surface area contributed by atoms with Gasteiger partial charge >= 0.3 is 0 Å². The van der Waals surface area contributed by atoms with Crippen LogP contribution >= 0.6 is 11.7 Å². The smallest absolute Gasteiger partial charge is 0.0914 e. The molecule has 1 unspecified atom stereocenters. The van der Waals surface area contributed by atoms with E-state index in [2.05, 4.69) is 13.7 Å². The van der Waals surface area contributed by atoms with Crippen LogP contribution in [0.5, 0.6) is 0 Å². The highest BCUT2D eigenvalue weighted by Gasteiger charge is 2.09. The molecule has 14 heavy (non-hydrogen) atoms. The molecule has 0 spiro atoms. The van der Waals surface area contributed by atoms with Gasteiger partial charge in [0.1, 0.15) is 0 Å². The highest BCUT2D eigenvalue weighted by molar-refractivity contribution is 6.99. The summed E-state index contributed by atoms with van der Waals surface area (Å²) in [5.74, 6) is 0. The molecule has 0 aliphatic rings. The molecule has 5 heteroatoms. The zero-order chi connectivity index (χ0) is 9.80. The summed E-state index contributed by atoms with van der Waals surface area (Å²) in [5, 5.41) is 0. The van der Waals surface area contributed by atoms with Crippen molar-refractivity contribution in [1.82, 2.24) is 13.7 Å². The predicted molar refractivity (Wildman–Crippen MR) is 54.8 cm³/mol. The van der Waals surface area contributed by atoms with Gasteiger partial charge in [-0.25, -0.2) is 0 Å². The van der Waals surface area contributed by atoms with Crippen LogP contribution in [0.3, 0.4) is 0 Å². The van der Waals surface area contributed by atoms with Crippen LogP contribution in [0.2, 0.25) is 0 Å². The van der Waals surface area contributed by atoms with Crippen molar-refractivity contribution in [2.45, 2.75) is 12.5 Å². The van der Waals surface area contributed by atoms with E-state index in [1.165, 1.54) is 11.7 Å². The Morgan fingerprint density at radius 2 is 2.36 bits per heavy atom. The first-order valence-electron chi connectivity index (χ1n) is 4.29. The zero-order valence-electron chi connectivity index (χ0n) is 7.50. The molecular formula is C9H10N4S. The molecule has 4 nitrogen and oxygen atoms in total. The maximum Gasteiger partial charge on any atom is 0.0914 e. The summed E-state index contributed by atoms with van der Waals surface area (Å²) >= 11 is 1.18. The molecule has 0 radical (unpaired) electrons. The second-order valence-corrected chi connectivity index (χ2v) is 3.52. The van der Waals surface area contributed by atoms with Crippen molar-refractivity contribution >= 4 is 11.7 Å². The first-order chi connectivity index (χ1) is 6.86. The van der Waals surface area contributed by atoms with Gasteiger partial charge in [0.05, 0.1) is 29.7 Å². The Labute approximate surface area is 86.1 Å². The number of nitrogens with zero attached hydrogens (tertiary/aromatic N) is 3. The molecule has 0 fully saturated rings. The van der Waals surface area contributed by atoms with Crippen molar-refractivity contribution in [3.63, 3.8) is 0 Å². The highest BCUT2D eigenvalue weighted by atomic mass is 32.1. The van der Waals surface area contributed by atoms with Crippen LogP contribution in [0.25, 0.3) is 0 Å². The van der Waals surface area contributed by atoms with Gasteiger partial charge in [0.25, 0.3) is 0 Å².